The number of aryl methyl sites for hydroxylation is 1. The van der Waals surface area contributed by atoms with Gasteiger partial charge in [-0.15, -0.1) is 0 Å². The van der Waals surface area contributed by atoms with Crippen molar-refractivity contribution in [2.24, 2.45) is 0 Å². The highest BCUT2D eigenvalue weighted by atomic mass is 79.9. The van der Waals surface area contributed by atoms with Gasteiger partial charge < -0.3 is 10.1 Å². The minimum atomic E-state index is 0.595. The van der Waals surface area contributed by atoms with Gasteiger partial charge >= 0.3 is 0 Å². The second kappa shape index (κ2) is 6.73. The van der Waals surface area contributed by atoms with Crippen LogP contribution in [0.4, 0.5) is 5.69 Å². The van der Waals surface area contributed by atoms with Crippen LogP contribution in [0.2, 0.25) is 0 Å². The van der Waals surface area contributed by atoms with Gasteiger partial charge in [-0.05, 0) is 24.6 Å². The summed E-state index contributed by atoms with van der Waals surface area (Å²) >= 11 is 3.57. The fraction of sp³-hybridized carbons (Fsp3) is 0.250. The number of anilines is 1. The van der Waals surface area contributed by atoms with Crippen LogP contribution in [0, 0.1) is 6.92 Å². The van der Waals surface area contributed by atoms with Crippen LogP contribution < -0.4 is 5.32 Å². The lowest BCUT2D eigenvalue weighted by atomic mass is 10.1. The smallest absolute Gasteiger partial charge is 0.0744 e. The monoisotopic (exact) mass is 319 g/mol. The Hall–Kier alpha value is -1.32. The number of halogens is 1. The maximum atomic E-state index is 5.25. The second-order valence-corrected chi connectivity index (χ2v) is 5.40. The van der Waals surface area contributed by atoms with Crippen molar-refractivity contribution in [1.29, 1.82) is 0 Å². The Morgan fingerprint density at radius 3 is 2.68 bits per heavy atom. The number of benzene rings is 2. The van der Waals surface area contributed by atoms with Crippen molar-refractivity contribution in [3.8, 4) is 0 Å². The van der Waals surface area contributed by atoms with Gasteiger partial charge in [0.05, 0.1) is 6.61 Å². The van der Waals surface area contributed by atoms with Crippen LogP contribution in [0.15, 0.2) is 46.9 Å². The molecule has 0 aliphatic carbocycles. The van der Waals surface area contributed by atoms with Crippen LogP contribution >= 0.6 is 15.9 Å². The third-order valence-corrected chi connectivity index (χ3v) is 3.72. The lowest BCUT2D eigenvalue weighted by Crippen LogP contribution is -2.04. The lowest BCUT2D eigenvalue weighted by Gasteiger charge is -2.13. The summed E-state index contributed by atoms with van der Waals surface area (Å²) in [5, 5.41) is 3.47. The summed E-state index contributed by atoms with van der Waals surface area (Å²) < 4.78 is 6.32. The minimum absolute atomic E-state index is 0.595. The van der Waals surface area contributed by atoms with Gasteiger partial charge in [0.15, 0.2) is 0 Å². The van der Waals surface area contributed by atoms with E-state index in [9.17, 15) is 0 Å². The van der Waals surface area contributed by atoms with E-state index in [2.05, 4.69) is 58.5 Å². The Balaban J connectivity index is 2.13. The number of rotatable bonds is 5. The Bertz CT molecular complexity index is 554. The number of nitrogens with one attached hydrogen (secondary N) is 1. The molecule has 1 N–H and O–H groups in total. The zero-order chi connectivity index (χ0) is 13.7. The lowest BCUT2D eigenvalue weighted by molar-refractivity contribution is 0.185. The highest BCUT2D eigenvalue weighted by Crippen LogP contribution is 2.26. The molecule has 0 bridgehead atoms. The van der Waals surface area contributed by atoms with Crippen molar-refractivity contribution >= 4 is 21.6 Å². The maximum Gasteiger partial charge on any atom is 0.0744 e. The highest BCUT2D eigenvalue weighted by molar-refractivity contribution is 9.10. The van der Waals surface area contributed by atoms with Crippen LogP contribution in [0.1, 0.15) is 16.7 Å². The molecule has 0 saturated heterocycles. The Morgan fingerprint density at radius 1 is 1.16 bits per heavy atom. The van der Waals surface area contributed by atoms with Gasteiger partial charge in [0.1, 0.15) is 0 Å². The van der Waals surface area contributed by atoms with E-state index in [-0.39, 0.29) is 0 Å². The third kappa shape index (κ3) is 3.82. The quantitative estimate of drug-likeness (QED) is 0.875. The van der Waals surface area contributed by atoms with E-state index >= 15 is 0 Å². The molecule has 0 amide bonds. The third-order valence-electron chi connectivity index (χ3n) is 2.97. The predicted octanol–water partition coefficient (Wildman–Crippen LogP) is 4.52. The molecule has 0 heterocycles. The molecule has 0 aromatic heterocycles. The molecule has 3 heteroatoms. The van der Waals surface area contributed by atoms with Crippen molar-refractivity contribution in [3.05, 3.63) is 63.6 Å². The van der Waals surface area contributed by atoms with Gasteiger partial charge in [0, 0.05) is 29.4 Å². The van der Waals surface area contributed by atoms with Crippen molar-refractivity contribution in [2.75, 3.05) is 12.4 Å². The van der Waals surface area contributed by atoms with Crippen LogP contribution in [0.5, 0.6) is 0 Å². The molecule has 0 aliphatic rings. The molecule has 2 nitrogen and oxygen atoms in total. The van der Waals surface area contributed by atoms with Gasteiger partial charge in [-0.1, -0.05) is 51.8 Å². The van der Waals surface area contributed by atoms with Crippen molar-refractivity contribution in [3.63, 3.8) is 0 Å². The Labute approximate surface area is 122 Å². The molecule has 100 valence electrons. The summed E-state index contributed by atoms with van der Waals surface area (Å²) in [6, 6.07) is 14.7. The van der Waals surface area contributed by atoms with Crippen LogP contribution in [0.3, 0.4) is 0 Å². The van der Waals surface area contributed by atoms with Gasteiger partial charge in [-0.3, -0.25) is 0 Å². The second-order valence-electron chi connectivity index (χ2n) is 4.54. The molecule has 0 aliphatic heterocycles. The average Bonchev–Trinajstić information content (AvgIpc) is 2.40. The van der Waals surface area contributed by atoms with Gasteiger partial charge in [-0.25, -0.2) is 0 Å². The van der Waals surface area contributed by atoms with Crippen molar-refractivity contribution in [2.45, 2.75) is 20.1 Å². The summed E-state index contributed by atoms with van der Waals surface area (Å²) in [6.07, 6.45) is 0. The molecule has 0 atom stereocenters. The molecule has 0 unspecified atom stereocenters. The van der Waals surface area contributed by atoms with Gasteiger partial charge in [0.2, 0.25) is 0 Å². The van der Waals surface area contributed by atoms with Gasteiger partial charge in [-0.2, -0.15) is 0 Å². The molecular weight excluding hydrogens is 302 g/mol. The molecule has 19 heavy (non-hydrogen) atoms. The first-order chi connectivity index (χ1) is 9.20. The first kappa shape index (κ1) is 14.1. The summed E-state index contributed by atoms with van der Waals surface area (Å²) in [6.45, 7) is 3.52. The van der Waals surface area contributed by atoms with E-state index in [0.717, 1.165) is 22.3 Å². The molecule has 0 fully saturated rings. The molecule has 2 rings (SSSR count). The Kier molecular flexibility index (Phi) is 5.00. The first-order valence-corrected chi connectivity index (χ1v) is 7.05. The van der Waals surface area contributed by atoms with E-state index in [0.29, 0.717) is 6.61 Å². The summed E-state index contributed by atoms with van der Waals surface area (Å²) in [7, 11) is 1.71. The summed E-state index contributed by atoms with van der Waals surface area (Å²) in [5.74, 6) is 0. The van der Waals surface area contributed by atoms with Crippen LogP contribution in [-0.4, -0.2) is 7.11 Å². The summed E-state index contributed by atoms with van der Waals surface area (Å²) in [5.41, 5.74) is 4.82. The maximum absolute atomic E-state index is 5.25. The fourth-order valence-electron chi connectivity index (χ4n) is 2.03. The zero-order valence-corrected chi connectivity index (χ0v) is 12.8. The highest BCUT2D eigenvalue weighted by Gasteiger charge is 2.06. The van der Waals surface area contributed by atoms with E-state index in [1.54, 1.807) is 7.11 Å². The van der Waals surface area contributed by atoms with E-state index in [1.807, 2.05) is 12.1 Å². The van der Waals surface area contributed by atoms with Crippen LogP contribution in [-0.2, 0) is 17.9 Å². The molecule has 2 aromatic rings. The SMILES string of the molecule is COCc1c(Br)cccc1NCc1cccc(C)c1. The fourth-order valence-corrected chi connectivity index (χ4v) is 2.52. The van der Waals surface area contributed by atoms with Crippen molar-refractivity contribution in [1.82, 2.24) is 0 Å². The Morgan fingerprint density at radius 2 is 1.95 bits per heavy atom. The summed E-state index contributed by atoms with van der Waals surface area (Å²) in [4.78, 5) is 0. The van der Waals surface area contributed by atoms with E-state index in [4.69, 9.17) is 4.74 Å². The molecular formula is C16H18BrNO. The predicted molar refractivity (Wildman–Crippen MR) is 83.4 cm³/mol. The molecule has 2 aromatic carbocycles. The van der Waals surface area contributed by atoms with E-state index in [1.165, 1.54) is 11.1 Å². The standard InChI is InChI=1S/C16H18BrNO/c1-12-5-3-6-13(9-12)10-18-16-8-4-7-15(17)14(16)11-19-2/h3-9,18H,10-11H2,1-2H3. The molecule has 0 radical (unpaired) electrons. The number of hydrogen-bond donors (Lipinski definition) is 1. The zero-order valence-electron chi connectivity index (χ0n) is 11.2. The van der Waals surface area contributed by atoms with Crippen LogP contribution in [0.25, 0.3) is 0 Å². The number of ether oxygens (including phenoxy) is 1. The minimum Gasteiger partial charge on any atom is -0.381 e. The largest absolute Gasteiger partial charge is 0.381 e. The molecule has 0 saturated carbocycles. The normalized spacial score (nSPS) is 10.5. The van der Waals surface area contributed by atoms with E-state index < -0.39 is 0 Å². The first-order valence-electron chi connectivity index (χ1n) is 6.26. The number of methoxy groups -OCH3 is 1. The van der Waals surface area contributed by atoms with Crippen molar-refractivity contribution < 1.29 is 4.74 Å². The topological polar surface area (TPSA) is 21.3 Å². The average molecular weight is 320 g/mol. The molecule has 0 spiro atoms. The number of hydrogen-bond acceptors (Lipinski definition) is 2. The van der Waals surface area contributed by atoms with Gasteiger partial charge in [0.25, 0.3) is 0 Å².